The number of allylic oxidation sites excluding steroid dienone is 1. The van der Waals surface area contributed by atoms with Gasteiger partial charge in [-0.25, -0.2) is 0 Å². The summed E-state index contributed by atoms with van der Waals surface area (Å²) in [7, 11) is 0. The number of nitrogens with one attached hydrogen (secondary N) is 6. The highest BCUT2D eigenvalue weighted by molar-refractivity contribution is 5.96. The number of carbonyl (C=O) groups is 6. The Kier molecular flexibility index (Phi) is 12.0. The van der Waals surface area contributed by atoms with E-state index >= 15 is 0 Å². The van der Waals surface area contributed by atoms with Gasteiger partial charge < -0.3 is 42.4 Å². The van der Waals surface area contributed by atoms with Crippen LogP contribution in [0.25, 0.3) is 10.9 Å². The van der Waals surface area contributed by atoms with Gasteiger partial charge in [-0.2, -0.15) is 0 Å². The van der Waals surface area contributed by atoms with Gasteiger partial charge in [0.05, 0.1) is 13.2 Å². The maximum Gasteiger partial charge on any atom is 0.245 e. The van der Waals surface area contributed by atoms with Crippen LogP contribution < -0.4 is 32.3 Å². The van der Waals surface area contributed by atoms with Crippen molar-refractivity contribution in [2.75, 3.05) is 13.2 Å². The lowest BCUT2D eigenvalue weighted by Crippen LogP contribution is -2.59. The maximum absolute atomic E-state index is 13.6. The molecule has 0 saturated carbocycles. The molecule has 1 aromatic carbocycles. The summed E-state index contributed by atoms with van der Waals surface area (Å²) in [6, 6.07) is 2.78. The van der Waals surface area contributed by atoms with Gasteiger partial charge >= 0.3 is 0 Å². The number of rotatable bonds is 5. The van der Waals surface area contributed by atoms with Gasteiger partial charge in [0.2, 0.25) is 35.4 Å². The van der Waals surface area contributed by atoms with E-state index in [1.54, 1.807) is 39.1 Å². The molecule has 1 aliphatic rings. The third-order valence-corrected chi connectivity index (χ3v) is 7.37. The average Bonchev–Trinajstić information content (AvgIpc) is 3.39. The first-order valence-corrected chi connectivity index (χ1v) is 14.5. The molecule has 0 aliphatic carbocycles. The van der Waals surface area contributed by atoms with E-state index in [1.165, 1.54) is 0 Å². The number of para-hydroxylation sites is 1. The van der Waals surface area contributed by atoms with Crippen molar-refractivity contribution in [2.24, 2.45) is 17.6 Å². The molecular weight excluding hydrogens is 570 g/mol. The third-order valence-electron chi connectivity index (χ3n) is 7.37. The van der Waals surface area contributed by atoms with Gasteiger partial charge in [0.15, 0.2) is 0 Å². The predicted octanol–water partition coefficient (Wildman–Crippen LogP) is -1.11. The topological polar surface area (TPSA) is 225 Å². The van der Waals surface area contributed by atoms with E-state index < -0.39 is 84.6 Å². The second-order valence-corrected chi connectivity index (χ2v) is 11.2. The molecule has 0 bridgehead atoms. The number of aromatic nitrogens is 1. The van der Waals surface area contributed by atoms with Crippen molar-refractivity contribution >= 4 is 46.3 Å². The first kappa shape index (κ1) is 33.8. The lowest BCUT2D eigenvalue weighted by Gasteiger charge is -2.27. The summed E-state index contributed by atoms with van der Waals surface area (Å²) >= 11 is 0. The largest absolute Gasteiger partial charge is 0.394 e. The van der Waals surface area contributed by atoms with Crippen molar-refractivity contribution in [2.45, 2.75) is 64.2 Å². The van der Waals surface area contributed by atoms with E-state index in [9.17, 15) is 33.9 Å². The number of carbonyl (C=O) groups excluding carboxylic acids is 6. The molecule has 0 spiro atoms. The number of primary amides is 1. The van der Waals surface area contributed by atoms with Gasteiger partial charge in [0.1, 0.15) is 24.2 Å². The highest BCUT2D eigenvalue weighted by Crippen LogP contribution is 2.19. The molecule has 0 fully saturated rings. The summed E-state index contributed by atoms with van der Waals surface area (Å²) in [5, 5.41) is 23.3. The molecule has 1 aliphatic heterocycles. The van der Waals surface area contributed by atoms with Gasteiger partial charge in [0.25, 0.3) is 0 Å². The first-order valence-electron chi connectivity index (χ1n) is 14.5. The van der Waals surface area contributed by atoms with E-state index in [0.29, 0.717) is 0 Å². The average molecular weight is 612 g/mol. The molecular formula is C30H41N7O7. The second kappa shape index (κ2) is 15.7. The number of aromatic amines is 1. The fourth-order valence-corrected chi connectivity index (χ4v) is 4.71. The second-order valence-electron chi connectivity index (χ2n) is 11.2. The number of hydrogen-bond donors (Lipinski definition) is 8. The van der Waals surface area contributed by atoms with Crippen LogP contribution in [0.4, 0.5) is 0 Å². The van der Waals surface area contributed by atoms with Gasteiger partial charge in [-0.05, 0) is 30.4 Å². The van der Waals surface area contributed by atoms with E-state index in [1.807, 2.05) is 24.3 Å². The van der Waals surface area contributed by atoms with Crippen LogP contribution in [0.2, 0.25) is 0 Å². The summed E-state index contributed by atoms with van der Waals surface area (Å²) < 4.78 is 0. The Labute approximate surface area is 255 Å². The quantitative estimate of drug-likeness (QED) is 0.194. The molecule has 1 aromatic heterocycles. The van der Waals surface area contributed by atoms with Crippen LogP contribution in [-0.4, -0.2) is 82.9 Å². The van der Waals surface area contributed by atoms with Crippen molar-refractivity contribution < 1.29 is 33.9 Å². The van der Waals surface area contributed by atoms with Gasteiger partial charge in [0, 0.05) is 29.4 Å². The molecule has 6 amide bonds. The number of amides is 6. The Morgan fingerprint density at radius 3 is 2.30 bits per heavy atom. The Morgan fingerprint density at radius 1 is 0.909 bits per heavy atom. The normalized spacial score (nSPS) is 25.8. The van der Waals surface area contributed by atoms with Crippen LogP contribution >= 0.6 is 0 Å². The monoisotopic (exact) mass is 611 g/mol. The number of fused-ring (bicyclic) bond motifs is 1. The fourth-order valence-electron chi connectivity index (χ4n) is 4.71. The van der Waals surface area contributed by atoms with Crippen molar-refractivity contribution in [3.05, 3.63) is 48.2 Å². The maximum atomic E-state index is 13.6. The summed E-state index contributed by atoms with van der Waals surface area (Å²) in [6.45, 7) is 3.80. The SMILES string of the molecule is CC(C)C1NC(=O)C(Cc2c[nH]c3ccccc23)NC(=O)CNC(=O)C(CO)NC(=O)[C@@H](C)C/C=C/C[C@@H](C(N)=O)NC1=O. The zero-order valence-electron chi connectivity index (χ0n) is 25.0. The minimum Gasteiger partial charge on any atom is -0.394 e. The van der Waals surface area contributed by atoms with Crippen molar-refractivity contribution in [1.82, 2.24) is 31.6 Å². The zero-order chi connectivity index (χ0) is 32.4. The van der Waals surface area contributed by atoms with Crippen LogP contribution in [-0.2, 0) is 35.2 Å². The molecule has 44 heavy (non-hydrogen) atoms. The van der Waals surface area contributed by atoms with Crippen LogP contribution in [0, 0.1) is 11.8 Å². The molecule has 238 valence electrons. The molecule has 5 atom stereocenters. The van der Waals surface area contributed by atoms with E-state index in [2.05, 4.69) is 31.6 Å². The molecule has 3 unspecified atom stereocenters. The number of H-pyrrole nitrogens is 1. The molecule has 9 N–H and O–H groups in total. The highest BCUT2D eigenvalue weighted by Gasteiger charge is 2.32. The Bertz CT molecular complexity index is 1400. The van der Waals surface area contributed by atoms with Crippen molar-refractivity contribution in [3.63, 3.8) is 0 Å². The summed E-state index contributed by atoms with van der Waals surface area (Å²) in [5.74, 6) is -5.10. The number of benzene rings is 1. The van der Waals surface area contributed by atoms with Crippen LogP contribution in [0.5, 0.6) is 0 Å². The molecule has 3 rings (SSSR count). The van der Waals surface area contributed by atoms with Gasteiger partial charge in [-0.1, -0.05) is 51.1 Å². The third kappa shape index (κ3) is 9.14. The van der Waals surface area contributed by atoms with E-state index in [4.69, 9.17) is 5.73 Å². The van der Waals surface area contributed by atoms with Crippen molar-refractivity contribution in [3.8, 4) is 0 Å². The van der Waals surface area contributed by atoms with Crippen LogP contribution in [0.15, 0.2) is 42.6 Å². The zero-order valence-corrected chi connectivity index (χ0v) is 25.0. The predicted molar refractivity (Wildman–Crippen MR) is 161 cm³/mol. The fraction of sp³-hybridized carbons (Fsp3) is 0.467. The van der Waals surface area contributed by atoms with E-state index in [0.717, 1.165) is 16.5 Å². The van der Waals surface area contributed by atoms with Gasteiger partial charge in [-0.3, -0.25) is 28.8 Å². The number of aliphatic hydroxyl groups excluding tert-OH is 1. The van der Waals surface area contributed by atoms with E-state index in [-0.39, 0.29) is 19.3 Å². The summed E-state index contributed by atoms with van der Waals surface area (Å²) in [6.07, 6.45) is 5.27. The number of nitrogens with two attached hydrogens (primary N) is 1. The highest BCUT2D eigenvalue weighted by atomic mass is 16.3. The molecule has 0 saturated heterocycles. The first-order chi connectivity index (χ1) is 20.9. The molecule has 2 heterocycles. The van der Waals surface area contributed by atoms with Crippen LogP contribution in [0.3, 0.4) is 0 Å². The molecule has 2 aromatic rings. The number of aliphatic hydroxyl groups is 1. The molecule has 0 radical (unpaired) electrons. The minimum absolute atomic E-state index is 0.0368. The Balaban J connectivity index is 1.93. The standard InChI is InChI=1S/C30H41N7O7/c1-16(2)25-30(44)35-21(26(31)40)11-6-4-8-17(3)27(41)36-23(15-38)28(42)33-14-24(39)34-22(29(43)37-25)12-18-13-32-20-10-7-5-9-19(18)20/h4-7,9-10,13,16-17,21-23,25,32,38H,8,11-12,14-15H2,1-3H3,(H2,31,40)(H,33,42)(H,34,39)(H,35,44)(H,36,41)(H,37,43)/b6-4+/t17-,21-,22?,23?,25?/m0/s1. The van der Waals surface area contributed by atoms with Crippen LogP contribution in [0.1, 0.15) is 39.2 Å². The van der Waals surface area contributed by atoms with Gasteiger partial charge in [-0.15, -0.1) is 0 Å². The van der Waals surface area contributed by atoms with Crippen molar-refractivity contribution in [1.29, 1.82) is 0 Å². The molecule has 14 nitrogen and oxygen atoms in total. The smallest absolute Gasteiger partial charge is 0.245 e. The Hall–Kier alpha value is -4.72. The minimum atomic E-state index is -1.31. The summed E-state index contributed by atoms with van der Waals surface area (Å²) in [4.78, 5) is 80.4. The Morgan fingerprint density at radius 2 is 1.61 bits per heavy atom. The lowest BCUT2D eigenvalue weighted by atomic mass is 10.00. The lowest BCUT2D eigenvalue weighted by molar-refractivity contribution is -0.134. The summed E-state index contributed by atoms with van der Waals surface area (Å²) in [5.41, 5.74) is 7.08. The number of hydrogen-bond acceptors (Lipinski definition) is 7. The molecule has 14 heteroatoms.